The number of carbonyl (C=O) groups is 4. The van der Waals surface area contributed by atoms with Crippen LogP contribution in [0.25, 0.3) is 0 Å². The van der Waals surface area contributed by atoms with E-state index >= 15 is 0 Å². The molecule has 0 aromatic heterocycles. The molecule has 0 aliphatic carbocycles. The Balaban J connectivity index is 1.51. The molecule has 4 amide bonds. The lowest BCUT2D eigenvalue weighted by Crippen LogP contribution is -2.54. The molecule has 4 rings (SSSR count). The molecule has 0 spiro atoms. The highest BCUT2D eigenvalue weighted by atomic mass is 35.5. The second kappa shape index (κ2) is 18.8. The number of fused-ring (bicyclic) bond motifs is 1. The van der Waals surface area contributed by atoms with Gasteiger partial charge in [-0.05, 0) is 74.2 Å². The van der Waals surface area contributed by atoms with Gasteiger partial charge in [-0.15, -0.1) is 0 Å². The molecular weight excluding hydrogens is 660 g/mol. The number of amides is 4. The third kappa shape index (κ3) is 11.4. The number of nitrogens with zero attached hydrogens (tertiary/aromatic N) is 1. The van der Waals surface area contributed by atoms with Crippen LogP contribution in [0.15, 0.2) is 72.8 Å². The van der Waals surface area contributed by atoms with Crippen LogP contribution in [0.1, 0.15) is 63.7 Å². The maximum absolute atomic E-state index is 13.8. The topological polar surface area (TPSA) is 135 Å². The number of hydrogen-bond acceptors (Lipinski definition) is 7. The fraction of sp³-hybridized carbons (Fsp3) is 0.421. The predicted octanol–water partition coefficient (Wildman–Crippen LogP) is 5.76. The lowest BCUT2D eigenvalue weighted by molar-refractivity contribution is -0.137. The van der Waals surface area contributed by atoms with Gasteiger partial charge >= 0.3 is 0 Å². The molecule has 1 heterocycles. The second-order valence-corrected chi connectivity index (χ2v) is 13.2. The summed E-state index contributed by atoms with van der Waals surface area (Å²) in [5.41, 5.74) is 0.209. The third-order valence-corrected chi connectivity index (χ3v) is 8.22. The second-order valence-electron chi connectivity index (χ2n) is 12.7. The quantitative estimate of drug-likeness (QED) is 0.218. The maximum atomic E-state index is 13.8. The predicted molar refractivity (Wildman–Crippen MR) is 192 cm³/mol. The molecule has 0 saturated carbocycles. The van der Waals surface area contributed by atoms with E-state index in [9.17, 15) is 19.2 Å². The summed E-state index contributed by atoms with van der Waals surface area (Å²) in [6, 6.07) is 18.2. The van der Waals surface area contributed by atoms with Crippen molar-refractivity contribution in [2.45, 2.75) is 71.5 Å². The van der Waals surface area contributed by atoms with Crippen molar-refractivity contribution < 1.29 is 33.4 Å². The minimum Gasteiger partial charge on any atom is -0.491 e. The zero-order valence-electron chi connectivity index (χ0n) is 29.1. The van der Waals surface area contributed by atoms with E-state index in [-0.39, 0.29) is 37.0 Å². The molecule has 3 aromatic rings. The summed E-state index contributed by atoms with van der Waals surface area (Å²) in [5.74, 6) is 0.0474. The van der Waals surface area contributed by atoms with Crippen molar-refractivity contribution >= 4 is 35.2 Å². The van der Waals surface area contributed by atoms with Crippen molar-refractivity contribution in [3.8, 4) is 23.0 Å². The molecule has 0 radical (unpaired) electrons. The zero-order valence-corrected chi connectivity index (χ0v) is 29.8. The van der Waals surface area contributed by atoms with Crippen LogP contribution in [0.3, 0.4) is 0 Å². The molecule has 1 aliphatic heterocycles. The average Bonchev–Trinajstić information content (AvgIpc) is 3.09. The van der Waals surface area contributed by atoms with Crippen molar-refractivity contribution in [1.82, 2.24) is 20.9 Å². The van der Waals surface area contributed by atoms with Gasteiger partial charge in [0.25, 0.3) is 5.91 Å². The van der Waals surface area contributed by atoms with E-state index in [1.807, 2.05) is 26.8 Å². The number of unbranched alkanes of at least 4 members (excludes halogenated alkanes) is 1. The number of para-hydroxylation sites is 3. The van der Waals surface area contributed by atoms with Crippen molar-refractivity contribution in [2.24, 2.45) is 5.92 Å². The highest BCUT2D eigenvalue weighted by molar-refractivity contribution is 6.30. The van der Waals surface area contributed by atoms with E-state index in [1.165, 1.54) is 0 Å². The van der Waals surface area contributed by atoms with Crippen LogP contribution in [0.5, 0.6) is 23.0 Å². The van der Waals surface area contributed by atoms with Gasteiger partial charge in [0, 0.05) is 11.6 Å². The van der Waals surface area contributed by atoms with Crippen molar-refractivity contribution in [1.29, 1.82) is 0 Å². The Morgan fingerprint density at radius 1 is 0.980 bits per heavy atom. The Hall–Kier alpha value is -4.77. The molecular formula is C38H47ClN4O7. The molecule has 0 bridgehead atoms. The molecule has 0 saturated heterocycles. The van der Waals surface area contributed by atoms with Crippen LogP contribution in [0.2, 0.25) is 5.02 Å². The molecule has 1 aliphatic rings. The molecule has 3 atom stereocenters. The number of halogens is 1. The average molecular weight is 707 g/mol. The van der Waals surface area contributed by atoms with E-state index in [2.05, 4.69) is 16.0 Å². The van der Waals surface area contributed by atoms with Crippen molar-refractivity contribution in [3.63, 3.8) is 0 Å². The van der Waals surface area contributed by atoms with Crippen LogP contribution >= 0.6 is 11.6 Å². The van der Waals surface area contributed by atoms with Gasteiger partial charge in [0.1, 0.15) is 36.8 Å². The summed E-state index contributed by atoms with van der Waals surface area (Å²) in [7, 11) is 0. The van der Waals surface area contributed by atoms with E-state index in [1.54, 1.807) is 78.6 Å². The largest absolute Gasteiger partial charge is 0.491 e. The molecule has 50 heavy (non-hydrogen) atoms. The lowest BCUT2D eigenvalue weighted by Gasteiger charge is -2.30. The van der Waals surface area contributed by atoms with Gasteiger partial charge in [-0.1, -0.05) is 63.1 Å². The number of nitrogens with one attached hydrogen (secondary N) is 3. The molecule has 3 aromatic carbocycles. The SMILES string of the molecule is CCCCN1CCOc2ccccc2C(=O)N[C@@H](C(=O)N[C@H](C)COc2ccccc2Oc2ccc(Cl)cc2)CC(=O)N[C@H](CC(C)C)C1=O. The van der Waals surface area contributed by atoms with E-state index in [0.717, 1.165) is 12.8 Å². The normalized spacial score (nSPS) is 17.8. The van der Waals surface area contributed by atoms with E-state index < -0.39 is 35.8 Å². The number of ether oxygens (including phenoxy) is 3. The van der Waals surface area contributed by atoms with Gasteiger partial charge in [0.05, 0.1) is 24.6 Å². The van der Waals surface area contributed by atoms with Crippen LogP contribution < -0.4 is 30.2 Å². The summed E-state index contributed by atoms with van der Waals surface area (Å²) >= 11 is 5.99. The Morgan fingerprint density at radius 3 is 2.40 bits per heavy atom. The van der Waals surface area contributed by atoms with Gasteiger partial charge in [0.15, 0.2) is 11.5 Å². The molecule has 12 heteroatoms. The van der Waals surface area contributed by atoms with Gasteiger partial charge < -0.3 is 35.1 Å². The summed E-state index contributed by atoms with van der Waals surface area (Å²) in [6.45, 7) is 8.76. The highest BCUT2D eigenvalue weighted by Gasteiger charge is 2.31. The molecule has 11 nitrogen and oxygen atoms in total. The van der Waals surface area contributed by atoms with Crippen LogP contribution in [-0.2, 0) is 14.4 Å². The maximum Gasteiger partial charge on any atom is 0.255 e. The Labute approximate surface area is 299 Å². The Kier molecular flexibility index (Phi) is 14.3. The first-order chi connectivity index (χ1) is 24.0. The van der Waals surface area contributed by atoms with Gasteiger partial charge in [-0.25, -0.2) is 0 Å². The van der Waals surface area contributed by atoms with Crippen molar-refractivity contribution in [3.05, 3.63) is 83.4 Å². The zero-order chi connectivity index (χ0) is 36.0. The Morgan fingerprint density at radius 2 is 1.68 bits per heavy atom. The Bertz CT molecular complexity index is 1600. The fourth-order valence-electron chi connectivity index (χ4n) is 5.41. The summed E-state index contributed by atoms with van der Waals surface area (Å²) in [5, 5.41) is 9.02. The van der Waals surface area contributed by atoms with Crippen LogP contribution in [-0.4, -0.2) is 73.0 Å². The van der Waals surface area contributed by atoms with Crippen LogP contribution in [0, 0.1) is 5.92 Å². The molecule has 0 fully saturated rings. The van der Waals surface area contributed by atoms with E-state index in [0.29, 0.717) is 47.5 Å². The van der Waals surface area contributed by atoms with Crippen molar-refractivity contribution in [2.75, 3.05) is 26.3 Å². The summed E-state index contributed by atoms with van der Waals surface area (Å²) in [6.07, 6.45) is 1.71. The smallest absolute Gasteiger partial charge is 0.255 e. The monoisotopic (exact) mass is 706 g/mol. The highest BCUT2D eigenvalue weighted by Crippen LogP contribution is 2.32. The first kappa shape index (κ1) is 38.0. The number of carbonyl (C=O) groups excluding carboxylic acids is 4. The molecule has 3 N–H and O–H groups in total. The number of rotatable bonds is 12. The lowest BCUT2D eigenvalue weighted by atomic mass is 10.0. The number of hydrogen-bond donors (Lipinski definition) is 3. The van der Waals surface area contributed by atoms with Crippen LogP contribution in [0.4, 0.5) is 0 Å². The third-order valence-electron chi connectivity index (χ3n) is 7.96. The first-order valence-electron chi connectivity index (χ1n) is 17.1. The first-order valence-corrected chi connectivity index (χ1v) is 17.5. The van der Waals surface area contributed by atoms with Gasteiger partial charge in [0.2, 0.25) is 17.7 Å². The summed E-state index contributed by atoms with van der Waals surface area (Å²) in [4.78, 5) is 56.2. The van der Waals surface area contributed by atoms with E-state index in [4.69, 9.17) is 25.8 Å². The molecule has 0 unspecified atom stereocenters. The number of benzene rings is 3. The standard InChI is InChI=1S/C38H47ClN4O7/c1-5-6-19-43-20-21-48-32-12-8-7-11-29(32)36(45)42-30(23-35(44)41-31(38(43)47)22-25(2)3)37(46)40-26(4)24-49-33-13-9-10-14-34(33)50-28-17-15-27(39)16-18-28/h7-18,25-26,30-31H,5-6,19-24H2,1-4H3,(H,40,46)(H,41,44)(H,42,45)/t26-,30-,31-/m1/s1. The van der Waals surface area contributed by atoms with Gasteiger partial charge in [-0.2, -0.15) is 0 Å². The minimum absolute atomic E-state index is 0.0643. The summed E-state index contributed by atoms with van der Waals surface area (Å²) < 4.78 is 18.0. The van der Waals surface area contributed by atoms with Gasteiger partial charge in [-0.3, -0.25) is 19.2 Å². The minimum atomic E-state index is -1.26. The fourth-order valence-corrected chi connectivity index (χ4v) is 5.53. The molecule has 268 valence electrons.